The molecule has 2 fully saturated rings. The van der Waals surface area contributed by atoms with E-state index in [4.69, 9.17) is 0 Å². The number of fused-ring (bicyclic) bond motifs is 1. The quantitative estimate of drug-likeness (QED) is 0.712. The van der Waals surface area contributed by atoms with Crippen molar-refractivity contribution in [3.63, 3.8) is 0 Å². The van der Waals surface area contributed by atoms with Gasteiger partial charge in [-0.3, -0.25) is 0 Å². The van der Waals surface area contributed by atoms with Gasteiger partial charge in [-0.05, 0) is 74.0 Å². The third-order valence-electron chi connectivity index (χ3n) is 7.05. The zero-order chi connectivity index (χ0) is 13.7. The molecular weight excluding hydrogens is 232 g/mol. The second-order valence-electron chi connectivity index (χ2n) is 7.95. The summed E-state index contributed by atoms with van der Waals surface area (Å²) in [7, 11) is 0. The Balaban J connectivity index is 1.52. The summed E-state index contributed by atoms with van der Waals surface area (Å²) in [4.78, 5) is 0. The average molecular weight is 262 g/mol. The highest BCUT2D eigenvalue weighted by molar-refractivity contribution is 5.23. The third-order valence-corrected chi connectivity index (χ3v) is 7.05. The van der Waals surface area contributed by atoms with Crippen LogP contribution in [0.2, 0.25) is 0 Å². The fourth-order valence-corrected chi connectivity index (χ4v) is 4.96. The van der Waals surface area contributed by atoms with Crippen molar-refractivity contribution in [2.75, 3.05) is 0 Å². The van der Waals surface area contributed by atoms with Crippen LogP contribution in [0.25, 0.3) is 0 Å². The van der Waals surface area contributed by atoms with Crippen molar-refractivity contribution in [1.29, 1.82) is 0 Å². The highest BCUT2D eigenvalue weighted by atomic mass is 16.3. The normalized spacial score (nSPS) is 43.2. The van der Waals surface area contributed by atoms with E-state index in [1.54, 1.807) is 5.57 Å². The summed E-state index contributed by atoms with van der Waals surface area (Å²) in [6, 6.07) is 0. The topological polar surface area (TPSA) is 20.2 Å². The first kappa shape index (κ1) is 13.7. The molecule has 0 heterocycles. The molecule has 1 nitrogen and oxygen atoms in total. The SMILES string of the molecule is CCC1(CCCC2=CCC3CC2C3(C)C)CCC1O. The highest BCUT2D eigenvalue weighted by Crippen LogP contribution is 2.60. The second-order valence-corrected chi connectivity index (χ2v) is 7.95. The Hall–Kier alpha value is -0.300. The first-order valence-electron chi connectivity index (χ1n) is 8.36. The van der Waals surface area contributed by atoms with Crippen LogP contribution in [0.3, 0.4) is 0 Å². The Morgan fingerprint density at radius 3 is 2.63 bits per heavy atom. The molecule has 0 saturated heterocycles. The fraction of sp³-hybridized carbons (Fsp3) is 0.889. The lowest BCUT2D eigenvalue weighted by Crippen LogP contribution is -2.48. The summed E-state index contributed by atoms with van der Waals surface area (Å²) in [6.45, 7) is 7.17. The summed E-state index contributed by atoms with van der Waals surface area (Å²) in [5.74, 6) is 1.83. The number of hydrogen-bond donors (Lipinski definition) is 1. The van der Waals surface area contributed by atoms with E-state index in [0.717, 1.165) is 24.7 Å². The molecule has 4 aliphatic carbocycles. The van der Waals surface area contributed by atoms with Gasteiger partial charge in [0, 0.05) is 0 Å². The van der Waals surface area contributed by atoms with Crippen LogP contribution in [0.1, 0.15) is 72.1 Å². The predicted molar refractivity (Wildman–Crippen MR) is 79.9 cm³/mol. The van der Waals surface area contributed by atoms with Gasteiger partial charge in [-0.25, -0.2) is 0 Å². The van der Waals surface area contributed by atoms with Crippen LogP contribution in [0, 0.1) is 22.7 Å². The van der Waals surface area contributed by atoms with E-state index in [1.807, 2.05) is 0 Å². The van der Waals surface area contributed by atoms with E-state index < -0.39 is 0 Å². The van der Waals surface area contributed by atoms with E-state index in [2.05, 4.69) is 26.8 Å². The van der Waals surface area contributed by atoms with Gasteiger partial charge in [0.1, 0.15) is 0 Å². The summed E-state index contributed by atoms with van der Waals surface area (Å²) in [5, 5.41) is 10.0. The molecule has 2 saturated carbocycles. The molecule has 2 bridgehead atoms. The van der Waals surface area contributed by atoms with Crippen molar-refractivity contribution < 1.29 is 5.11 Å². The standard InChI is InChI=1S/C18H30O/c1-4-18(11-9-16(18)19)10-5-6-13-7-8-14-12-15(13)17(14,2)3/h7,14-16,19H,4-6,8-12H2,1-3H3. The molecule has 4 unspecified atom stereocenters. The van der Waals surface area contributed by atoms with Gasteiger partial charge >= 0.3 is 0 Å². The van der Waals surface area contributed by atoms with E-state index in [1.165, 1.54) is 38.5 Å². The van der Waals surface area contributed by atoms with Gasteiger partial charge in [-0.2, -0.15) is 0 Å². The minimum Gasteiger partial charge on any atom is -0.393 e. The number of aliphatic hydroxyl groups is 1. The molecule has 1 N–H and O–H groups in total. The third kappa shape index (κ3) is 2.00. The molecule has 4 rings (SSSR count). The van der Waals surface area contributed by atoms with Gasteiger partial charge in [0.15, 0.2) is 0 Å². The lowest BCUT2D eigenvalue weighted by Gasteiger charge is -2.56. The molecule has 0 amide bonds. The lowest BCUT2D eigenvalue weighted by atomic mass is 9.48. The number of allylic oxidation sites excluding steroid dienone is 2. The van der Waals surface area contributed by atoms with Crippen LogP contribution in [0.4, 0.5) is 0 Å². The van der Waals surface area contributed by atoms with Gasteiger partial charge in [0.05, 0.1) is 6.10 Å². The average Bonchev–Trinajstić information content (AvgIpc) is 2.41. The van der Waals surface area contributed by atoms with E-state index in [-0.39, 0.29) is 11.5 Å². The smallest absolute Gasteiger partial charge is 0.0596 e. The number of hydrogen-bond acceptors (Lipinski definition) is 1. The van der Waals surface area contributed by atoms with Crippen molar-refractivity contribution in [2.45, 2.75) is 78.2 Å². The number of rotatable bonds is 5. The van der Waals surface area contributed by atoms with Gasteiger partial charge in [0.25, 0.3) is 0 Å². The molecule has 108 valence electrons. The lowest BCUT2D eigenvalue weighted by molar-refractivity contribution is -0.0743. The van der Waals surface area contributed by atoms with Gasteiger partial charge in [0.2, 0.25) is 0 Å². The molecule has 0 aromatic heterocycles. The van der Waals surface area contributed by atoms with Crippen LogP contribution in [-0.4, -0.2) is 11.2 Å². The van der Waals surface area contributed by atoms with Crippen LogP contribution >= 0.6 is 0 Å². The van der Waals surface area contributed by atoms with Crippen molar-refractivity contribution in [1.82, 2.24) is 0 Å². The van der Waals surface area contributed by atoms with Crippen LogP contribution < -0.4 is 0 Å². The molecule has 4 atom stereocenters. The van der Waals surface area contributed by atoms with E-state index >= 15 is 0 Å². The number of aliphatic hydroxyl groups excluding tert-OH is 1. The Morgan fingerprint density at radius 2 is 2.16 bits per heavy atom. The monoisotopic (exact) mass is 262 g/mol. The maximum atomic E-state index is 10.0. The van der Waals surface area contributed by atoms with E-state index in [0.29, 0.717) is 5.41 Å². The minimum atomic E-state index is -0.0117. The highest BCUT2D eigenvalue weighted by Gasteiger charge is 2.51. The molecule has 0 spiro atoms. The maximum Gasteiger partial charge on any atom is 0.0596 e. The van der Waals surface area contributed by atoms with Gasteiger partial charge in [-0.15, -0.1) is 0 Å². The molecule has 19 heavy (non-hydrogen) atoms. The van der Waals surface area contributed by atoms with Crippen LogP contribution in [0.5, 0.6) is 0 Å². The fourth-order valence-electron chi connectivity index (χ4n) is 4.96. The first-order valence-corrected chi connectivity index (χ1v) is 8.36. The Kier molecular flexibility index (Phi) is 3.32. The van der Waals surface area contributed by atoms with Crippen molar-refractivity contribution >= 4 is 0 Å². The zero-order valence-corrected chi connectivity index (χ0v) is 12.9. The molecule has 0 aromatic rings. The molecule has 0 aromatic carbocycles. The Morgan fingerprint density at radius 1 is 1.37 bits per heavy atom. The second kappa shape index (κ2) is 4.62. The minimum absolute atomic E-state index is 0.0117. The van der Waals surface area contributed by atoms with Crippen molar-refractivity contribution in [2.24, 2.45) is 22.7 Å². The Bertz CT molecular complexity index is 377. The summed E-state index contributed by atoms with van der Waals surface area (Å²) < 4.78 is 0. The molecule has 0 radical (unpaired) electrons. The molecular formula is C18H30O. The zero-order valence-electron chi connectivity index (χ0n) is 12.9. The Labute approximate surface area is 118 Å². The van der Waals surface area contributed by atoms with Crippen LogP contribution in [0.15, 0.2) is 11.6 Å². The van der Waals surface area contributed by atoms with Crippen LogP contribution in [-0.2, 0) is 0 Å². The maximum absolute atomic E-state index is 10.0. The van der Waals surface area contributed by atoms with Gasteiger partial charge < -0.3 is 5.11 Å². The molecule has 0 aliphatic heterocycles. The van der Waals surface area contributed by atoms with Crippen molar-refractivity contribution in [3.8, 4) is 0 Å². The largest absolute Gasteiger partial charge is 0.393 e. The molecule has 4 aliphatic rings. The predicted octanol–water partition coefficient (Wildman–Crippen LogP) is 4.70. The van der Waals surface area contributed by atoms with Gasteiger partial charge in [-0.1, -0.05) is 32.4 Å². The first-order chi connectivity index (χ1) is 8.99. The summed E-state index contributed by atoms with van der Waals surface area (Å²) in [6.07, 6.45) is 12.5. The summed E-state index contributed by atoms with van der Waals surface area (Å²) >= 11 is 0. The molecule has 1 heteroatoms. The van der Waals surface area contributed by atoms with E-state index in [9.17, 15) is 5.11 Å². The van der Waals surface area contributed by atoms with Crippen molar-refractivity contribution in [3.05, 3.63) is 11.6 Å². The summed E-state index contributed by atoms with van der Waals surface area (Å²) in [5.41, 5.74) is 2.60.